The summed E-state index contributed by atoms with van der Waals surface area (Å²) >= 11 is 0. The number of nitrogens with zero attached hydrogens (tertiary/aromatic N) is 7. The van der Waals surface area contributed by atoms with Crippen molar-refractivity contribution in [2.75, 3.05) is 50.1 Å². The summed E-state index contributed by atoms with van der Waals surface area (Å²) in [4.78, 5) is 27.6. The van der Waals surface area contributed by atoms with Crippen molar-refractivity contribution in [3.8, 4) is 0 Å². The van der Waals surface area contributed by atoms with Crippen LogP contribution in [0.1, 0.15) is 10.5 Å². The molecule has 0 N–H and O–H groups in total. The Labute approximate surface area is 158 Å². The van der Waals surface area contributed by atoms with Gasteiger partial charge in [-0.05, 0) is 24.3 Å². The van der Waals surface area contributed by atoms with Crippen LogP contribution in [0.25, 0.3) is 10.9 Å². The molecule has 4 rings (SSSR count). The molecule has 27 heavy (non-hydrogen) atoms. The summed E-state index contributed by atoms with van der Waals surface area (Å²) in [5.74, 6) is 0.948. The average molecular weight is 365 g/mol. The molecule has 1 amide bonds. The largest absolute Gasteiger partial charge is 0.368 e. The van der Waals surface area contributed by atoms with Crippen LogP contribution < -0.4 is 9.80 Å². The molecule has 140 valence electrons. The van der Waals surface area contributed by atoms with Gasteiger partial charge in [-0.15, -0.1) is 0 Å². The van der Waals surface area contributed by atoms with Crippen molar-refractivity contribution < 1.29 is 4.79 Å². The lowest BCUT2D eigenvalue weighted by atomic mass is 10.1. The number of piperazine rings is 1. The van der Waals surface area contributed by atoms with E-state index in [-0.39, 0.29) is 5.91 Å². The Morgan fingerprint density at radius 1 is 1.07 bits per heavy atom. The first-order chi connectivity index (χ1) is 13.0. The van der Waals surface area contributed by atoms with E-state index >= 15 is 0 Å². The van der Waals surface area contributed by atoms with Crippen LogP contribution in [0.3, 0.4) is 0 Å². The molecule has 2 aromatic heterocycles. The molecule has 0 atom stereocenters. The van der Waals surface area contributed by atoms with Crippen LogP contribution in [-0.2, 0) is 7.05 Å². The lowest BCUT2D eigenvalue weighted by molar-refractivity contribution is 0.0735. The zero-order valence-electron chi connectivity index (χ0n) is 15.8. The molecule has 0 bridgehead atoms. The van der Waals surface area contributed by atoms with Crippen molar-refractivity contribution >= 4 is 28.3 Å². The molecule has 1 aromatic carbocycles. The summed E-state index contributed by atoms with van der Waals surface area (Å²) in [7, 11) is 5.76. The number of fused-ring (bicyclic) bond motifs is 1. The van der Waals surface area contributed by atoms with Crippen LogP contribution >= 0.6 is 0 Å². The minimum Gasteiger partial charge on any atom is -0.368 e. The number of amides is 1. The molecule has 0 radical (unpaired) electrons. The molecule has 1 aliphatic heterocycles. The monoisotopic (exact) mass is 365 g/mol. The van der Waals surface area contributed by atoms with Crippen LogP contribution in [0, 0.1) is 0 Å². The van der Waals surface area contributed by atoms with Crippen molar-refractivity contribution in [2.45, 2.75) is 0 Å². The highest BCUT2D eigenvalue weighted by molar-refractivity contribution is 5.93. The molecule has 0 saturated carbocycles. The number of rotatable bonds is 3. The maximum atomic E-state index is 12.6. The first kappa shape index (κ1) is 17.3. The Balaban J connectivity index is 1.52. The molecule has 0 unspecified atom stereocenters. The zero-order chi connectivity index (χ0) is 19.0. The van der Waals surface area contributed by atoms with Gasteiger partial charge in [0.2, 0.25) is 0 Å². The van der Waals surface area contributed by atoms with Crippen molar-refractivity contribution in [3.05, 3.63) is 42.5 Å². The number of benzene rings is 1. The van der Waals surface area contributed by atoms with Crippen LogP contribution in [0.15, 0.2) is 36.8 Å². The smallest absolute Gasteiger partial charge is 0.272 e. The Hall–Kier alpha value is -3.16. The summed E-state index contributed by atoms with van der Waals surface area (Å²) in [6, 6.07) is 8.03. The van der Waals surface area contributed by atoms with Crippen LogP contribution in [0.4, 0.5) is 11.5 Å². The molecule has 8 nitrogen and oxygen atoms in total. The highest BCUT2D eigenvalue weighted by Crippen LogP contribution is 2.27. The third kappa shape index (κ3) is 3.18. The number of hydrogen-bond acceptors (Lipinski definition) is 6. The molecule has 0 spiro atoms. The Morgan fingerprint density at radius 3 is 2.52 bits per heavy atom. The van der Waals surface area contributed by atoms with Gasteiger partial charge in [0.15, 0.2) is 0 Å². The molecule has 3 aromatic rings. The Morgan fingerprint density at radius 2 is 1.85 bits per heavy atom. The first-order valence-corrected chi connectivity index (χ1v) is 8.99. The molecular weight excluding hydrogens is 342 g/mol. The van der Waals surface area contributed by atoms with E-state index in [1.165, 1.54) is 0 Å². The maximum Gasteiger partial charge on any atom is 0.272 e. The highest BCUT2D eigenvalue weighted by Gasteiger charge is 2.24. The van der Waals surface area contributed by atoms with Crippen molar-refractivity contribution in [3.63, 3.8) is 0 Å². The fraction of sp³-hybridized carbons (Fsp3) is 0.368. The summed E-state index contributed by atoms with van der Waals surface area (Å²) in [6.07, 6.45) is 3.25. The fourth-order valence-electron chi connectivity index (χ4n) is 3.50. The molecule has 3 heterocycles. The number of aromatic nitrogens is 4. The third-order valence-electron chi connectivity index (χ3n) is 4.99. The van der Waals surface area contributed by atoms with Gasteiger partial charge in [0.05, 0.1) is 5.52 Å². The van der Waals surface area contributed by atoms with E-state index in [0.29, 0.717) is 18.8 Å². The maximum absolute atomic E-state index is 12.6. The van der Waals surface area contributed by atoms with Gasteiger partial charge < -0.3 is 14.7 Å². The normalized spacial score (nSPS) is 14.6. The van der Waals surface area contributed by atoms with E-state index in [9.17, 15) is 4.79 Å². The summed E-state index contributed by atoms with van der Waals surface area (Å²) in [6.45, 7) is 2.96. The van der Waals surface area contributed by atoms with Gasteiger partial charge >= 0.3 is 0 Å². The standard InChI is InChI=1S/C19H23N7O/c1-23(2)18-15-12-14(4-5-16(15)20-13-21-18)25-8-10-26(11-9-25)19(27)17-6-7-22-24(17)3/h4-7,12-13H,8-11H2,1-3H3. The van der Waals surface area contributed by atoms with Gasteiger partial charge in [-0.1, -0.05) is 0 Å². The summed E-state index contributed by atoms with van der Waals surface area (Å²) in [5.41, 5.74) is 2.69. The number of hydrogen-bond donors (Lipinski definition) is 0. The molecule has 1 fully saturated rings. The number of carbonyl (C=O) groups excluding carboxylic acids is 1. The van der Waals surface area contributed by atoms with Gasteiger partial charge in [0.1, 0.15) is 17.8 Å². The fourth-order valence-corrected chi connectivity index (χ4v) is 3.50. The molecule has 1 aliphatic rings. The van der Waals surface area contributed by atoms with Gasteiger partial charge in [-0.2, -0.15) is 5.10 Å². The molecular formula is C19H23N7O. The summed E-state index contributed by atoms with van der Waals surface area (Å²) in [5, 5.41) is 5.12. The second-order valence-electron chi connectivity index (χ2n) is 6.91. The van der Waals surface area contributed by atoms with E-state index in [4.69, 9.17) is 0 Å². The predicted molar refractivity (Wildman–Crippen MR) is 105 cm³/mol. The van der Waals surface area contributed by atoms with Crippen LogP contribution in [0.5, 0.6) is 0 Å². The second-order valence-corrected chi connectivity index (χ2v) is 6.91. The van der Waals surface area contributed by atoms with Crippen molar-refractivity contribution in [1.29, 1.82) is 0 Å². The summed E-state index contributed by atoms with van der Waals surface area (Å²) < 4.78 is 1.63. The lowest BCUT2D eigenvalue weighted by Gasteiger charge is -2.36. The zero-order valence-corrected chi connectivity index (χ0v) is 15.8. The SMILES string of the molecule is CN(C)c1ncnc2ccc(N3CCN(C(=O)c4ccnn4C)CC3)cc12. The van der Waals surface area contributed by atoms with Crippen LogP contribution in [0.2, 0.25) is 0 Å². The van der Waals surface area contributed by atoms with Gasteiger partial charge in [0, 0.05) is 64.6 Å². The molecule has 8 heteroatoms. The van der Waals surface area contributed by atoms with E-state index in [2.05, 4.69) is 32.1 Å². The number of aryl methyl sites for hydroxylation is 1. The first-order valence-electron chi connectivity index (χ1n) is 8.99. The number of anilines is 2. The third-order valence-corrected chi connectivity index (χ3v) is 4.99. The van der Waals surface area contributed by atoms with Gasteiger partial charge in [-0.25, -0.2) is 9.97 Å². The van der Waals surface area contributed by atoms with Crippen LogP contribution in [-0.4, -0.2) is 70.8 Å². The predicted octanol–water partition coefficient (Wildman–Crippen LogP) is 1.39. The minimum atomic E-state index is 0.0384. The van der Waals surface area contributed by atoms with E-state index in [1.54, 1.807) is 30.3 Å². The Kier molecular flexibility index (Phi) is 4.39. The van der Waals surface area contributed by atoms with E-state index in [0.717, 1.165) is 35.5 Å². The Bertz CT molecular complexity index is 973. The van der Waals surface area contributed by atoms with Crippen molar-refractivity contribution in [1.82, 2.24) is 24.6 Å². The van der Waals surface area contributed by atoms with Crippen molar-refractivity contribution in [2.24, 2.45) is 7.05 Å². The molecule has 0 aliphatic carbocycles. The molecule has 1 saturated heterocycles. The van der Waals surface area contributed by atoms with Gasteiger partial charge in [0.25, 0.3) is 5.91 Å². The topological polar surface area (TPSA) is 70.4 Å². The van der Waals surface area contributed by atoms with E-state index in [1.807, 2.05) is 30.0 Å². The average Bonchev–Trinajstić information content (AvgIpc) is 3.12. The minimum absolute atomic E-state index is 0.0384. The number of carbonyl (C=O) groups is 1. The quantitative estimate of drug-likeness (QED) is 0.699. The van der Waals surface area contributed by atoms with E-state index < -0.39 is 0 Å². The lowest BCUT2D eigenvalue weighted by Crippen LogP contribution is -2.49. The second kappa shape index (κ2) is 6.86. The highest BCUT2D eigenvalue weighted by atomic mass is 16.2. The van der Waals surface area contributed by atoms with Gasteiger partial charge in [-0.3, -0.25) is 9.48 Å².